The molecule has 35 heavy (non-hydrogen) atoms. The average molecular weight is 475 g/mol. The van der Waals surface area contributed by atoms with Gasteiger partial charge >= 0.3 is 0 Å². The molecule has 1 unspecified atom stereocenters. The Morgan fingerprint density at radius 2 is 1.74 bits per heavy atom. The van der Waals surface area contributed by atoms with Crippen LogP contribution in [0.1, 0.15) is 36.6 Å². The molecular formula is C29H35FN4O. The van der Waals surface area contributed by atoms with E-state index in [1.165, 1.54) is 6.07 Å². The second-order valence-corrected chi connectivity index (χ2v) is 9.09. The monoisotopic (exact) mass is 474 g/mol. The molecule has 2 heterocycles. The van der Waals surface area contributed by atoms with Crippen LogP contribution in [0.15, 0.2) is 67.3 Å². The molecule has 2 aromatic carbocycles. The molecular weight excluding hydrogens is 439 g/mol. The largest absolute Gasteiger partial charge is 0.392 e. The molecule has 1 aliphatic heterocycles. The van der Waals surface area contributed by atoms with Gasteiger partial charge in [-0.2, -0.15) is 0 Å². The summed E-state index contributed by atoms with van der Waals surface area (Å²) < 4.78 is 14.6. The molecule has 0 spiro atoms. The lowest BCUT2D eigenvalue weighted by molar-refractivity contribution is 0.103. The van der Waals surface area contributed by atoms with Crippen molar-refractivity contribution >= 4 is 5.82 Å². The molecule has 3 aromatic rings. The van der Waals surface area contributed by atoms with E-state index in [9.17, 15) is 9.50 Å². The molecule has 0 radical (unpaired) electrons. The van der Waals surface area contributed by atoms with Gasteiger partial charge in [-0.25, -0.2) is 14.4 Å². The lowest BCUT2D eigenvalue weighted by Gasteiger charge is -2.37. The first-order valence-electron chi connectivity index (χ1n) is 12.5. The summed E-state index contributed by atoms with van der Waals surface area (Å²) >= 11 is 0. The zero-order chi connectivity index (χ0) is 24.6. The van der Waals surface area contributed by atoms with E-state index in [0.29, 0.717) is 24.4 Å². The van der Waals surface area contributed by atoms with Crippen molar-refractivity contribution in [2.45, 2.75) is 38.7 Å². The van der Waals surface area contributed by atoms with Crippen LogP contribution in [0.2, 0.25) is 0 Å². The maximum Gasteiger partial charge on any atom is 0.161 e. The quantitative estimate of drug-likeness (QED) is 0.424. The molecule has 6 heteroatoms. The molecule has 184 valence electrons. The van der Waals surface area contributed by atoms with Crippen molar-refractivity contribution < 1.29 is 9.50 Å². The molecule has 1 N–H and O–H groups in total. The Morgan fingerprint density at radius 1 is 1.03 bits per heavy atom. The fraction of sp³-hybridized carbons (Fsp3) is 0.379. The number of aliphatic hydroxyl groups is 1. The van der Waals surface area contributed by atoms with Crippen molar-refractivity contribution in [1.29, 1.82) is 0 Å². The molecule has 0 amide bonds. The maximum atomic E-state index is 14.6. The minimum absolute atomic E-state index is 0.203. The van der Waals surface area contributed by atoms with Crippen LogP contribution >= 0.6 is 0 Å². The molecule has 1 fully saturated rings. The number of rotatable bonds is 10. The van der Waals surface area contributed by atoms with Crippen LogP contribution < -0.4 is 4.90 Å². The highest BCUT2D eigenvalue weighted by Crippen LogP contribution is 2.29. The zero-order valence-electron chi connectivity index (χ0n) is 20.5. The van der Waals surface area contributed by atoms with Gasteiger partial charge in [0.25, 0.3) is 0 Å². The van der Waals surface area contributed by atoms with Gasteiger partial charge in [-0.15, -0.1) is 6.58 Å². The van der Waals surface area contributed by atoms with Crippen molar-refractivity contribution in [2.24, 2.45) is 0 Å². The van der Waals surface area contributed by atoms with Crippen LogP contribution in [0.25, 0.3) is 11.4 Å². The highest BCUT2D eigenvalue weighted by molar-refractivity contribution is 5.61. The summed E-state index contributed by atoms with van der Waals surface area (Å²) in [5, 5.41) is 10.3. The predicted octanol–water partition coefficient (Wildman–Crippen LogP) is 4.89. The fourth-order valence-corrected chi connectivity index (χ4v) is 4.64. The van der Waals surface area contributed by atoms with E-state index in [1.807, 2.05) is 48.5 Å². The first-order chi connectivity index (χ1) is 17.1. The van der Waals surface area contributed by atoms with Gasteiger partial charge in [0, 0.05) is 56.0 Å². The van der Waals surface area contributed by atoms with Crippen molar-refractivity contribution in [3.8, 4) is 11.4 Å². The Hall–Kier alpha value is -3.09. The summed E-state index contributed by atoms with van der Waals surface area (Å²) in [6.45, 7) is 9.79. The van der Waals surface area contributed by atoms with Gasteiger partial charge in [-0.05, 0) is 30.9 Å². The van der Waals surface area contributed by atoms with Crippen LogP contribution in [0.4, 0.5) is 10.2 Å². The number of halogens is 1. The Kier molecular flexibility index (Phi) is 8.61. The van der Waals surface area contributed by atoms with Crippen LogP contribution in [-0.4, -0.2) is 58.8 Å². The molecule has 1 aliphatic rings. The number of hydrogen-bond acceptors (Lipinski definition) is 5. The molecule has 0 bridgehead atoms. The fourth-order valence-electron chi connectivity index (χ4n) is 4.64. The highest BCUT2D eigenvalue weighted by Gasteiger charge is 2.25. The van der Waals surface area contributed by atoms with Gasteiger partial charge in [0.15, 0.2) is 5.82 Å². The van der Waals surface area contributed by atoms with Crippen LogP contribution in [-0.2, 0) is 12.8 Å². The second kappa shape index (κ2) is 12.0. The number of β-amino-alcohol motifs (C(OH)–C–C–N with tert-alkyl or cyclic N) is 1. The van der Waals surface area contributed by atoms with Crippen molar-refractivity contribution in [2.75, 3.05) is 37.6 Å². The minimum Gasteiger partial charge on any atom is -0.392 e. The molecule has 1 saturated heterocycles. The third-order valence-corrected chi connectivity index (χ3v) is 6.61. The van der Waals surface area contributed by atoms with Crippen molar-refractivity contribution in [3.05, 3.63) is 89.9 Å². The van der Waals surface area contributed by atoms with Crippen molar-refractivity contribution in [3.63, 3.8) is 0 Å². The number of allylic oxidation sites excluding steroid dienone is 1. The molecule has 1 atom stereocenters. The maximum absolute atomic E-state index is 14.6. The van der Waals surface area contributed by atoms with Gasteiger partial charge in [-0.1, -0.05) is 61.5 Å². The van der Waals surface area contributed by atoms with Crippen LogP contribution in [0.5, 0.6) is 0 Å². The summed E-state index contributed by atoms with van der Waals surface area (Å²) in [6, 6.07) is 17.0. The second-order valence-electron chi connectivity index (χ2n) is 9.09. The first-order valence-corrected chi connectivity index (χ1v) is 12.5. The van der Waals surface area contributed by atoms with Gasteiger partial charge in [0.1, 0.15) is 11.6 Å². The van der Waals surface area contributed by atoms with E-state index in [0.717, 1.165) is 68.1 Å². The Morgan fingerprint density at radius 3 is 2.43 bits per heavy atom. The van der Waals surface area contributed by atoms with E-state index in [2.05, 4.69) is 23.3 Å². The predicted molar refractivity (Wildman–Crippen MR) is 140 cm³/mol. The van der Waals surface area contributed by atoms with Crippen LogP contribution in [0.3, 0.4) is 0 Å². The standard InChI is InChI=1S/C29H35FN4O/c1-3-5-14-24(35)21-33-16-18-34(19-17-33)29-25(20-23-13-9-10-15-26(23)30)27(4-2)31-28(32-29)22-11-7-6-8-12-22/h3,6-13,15,24,35H,1,4-5,14,16-21H2,2H3. The SMILES string of the molecule is C=CCCC(O)CN1CCN(c2nc(-c3ccccc3)nc(CC)c2Cc2ccccc2F)CC1. The topological polar surface area (TPSA) is 52.5 Å². The third-order valence-electron chi connectivity index (χ3n) is 6.61. The smallest absolute Gasteiger partial charge is 0.161 e. The number of piperazine rings is 1. The van der Waals surface area contributed by atoms with E-state index in [-0.39, 0.29) is 11.9 Å². The van der Waals surface area contributed by atoms with Gasteiger partial charge in [0.2, 0.25) is 0 Å². The number of aliphatic hydroxyl groups excluding tert-OH is 1. The number of aryl methyl sites for hydroxylation is 1. The average Bonchev–Trinajstić information content (AvgIpc) is 2.89. The lowest BCUT2D eigenvalue weighted by atomic mass is 10.0. The van der Waals surface area contributed by atoms with E-state index < -0.39 is 0 Å². The molecule has 0 saturated carbocycles. The third kappa shape index (κ3) is 6.32. The number of aromatic nitrogens is 2. The first kappa shape index (κ1) is 25.0. The number of anilines is 1. The van der Waals surface area contributed by atoms with E-state index >= 15 is 0 Å². The zero-order valence-corrected chi connectivity index (χ0v) is 20.5. The van der Waals surface area contributed by atoms with E-state index in [4.69, 9.17) is 9.97 Å². The normalized spacial score (nSPS) is 15.2. The number of hydrogen-bond donors (Lipinski definition) is 1. The van der Waals surface area contributed by atoms with E-state index in [1.54, 1.807) is 6.07 Å². The molecule has 4 rings (SSSR count). The Bertz CT molecular complexity index is 1110. The molecule has 0 aliphatic carbocycles. The van der Waals surface area contributed by atoms with Gasteiger partial charge < -0.3 is 10.0 Å². The van der Waals surface area contributed by atoms with Crippen molar-refractivity contribution in [1.82, 2.24) is 14.9 Å². The van der Waals surface area contributed by atoms with Gasteiger partial charge in [0.05, 0.1) is 6.10 Å². The number of benzene rings is 2. The summed E-state index contributed by atoms with van der Waals surface area (Å²) in [5.74, 6) is 1.40. The summed E-state index contributed by atoms with van der Waals surface area (Å²) in [6.07, 6.45) is 4.27. The summed E-state index contributed by atoms with van der Waals surface area (Å²) in [7, 11) is 0. The number of nitrogens with zero attached hydrogens (tertiary/aromatic N) is 4. The highest BCUT2D eigenvalue weighted by atomic mass is 19.1. The molecule has 5 nitrogen and oxygen atoms in total. The Labute approximate surface area is 208 Å². The summed E-state index contributed by atoms with van der Waals surface area (Å²) in [5.41, 5.74) is 3.59. The minimum atomic E-state index is -0.341. The summed E-state index contributed by atoms with van der Waals surface area (Å²) in [4.78, 5) is 14.6. The van der Waals surface area contributed by atoms with Crippen LogP contribution in [0, 0.1) is 5.82 Å². The Balaban J connectivity index is 1.63. The molecule has 1 aromatic heterocycles. The lowest BCUT2D eigenvalue weighted by Crippen LogP contribution is -2.49. The van der Waals surface area contributed by atoms with Gasteiger partial charge in [-0.3, -0.25) is 4.90 Å².